The predicted molar refractivity (Wildman–Crippen MR) is 131 cm³/mol. The average molecular weight is 519 g/mol. The Hall–Kier alpha value is -4.04. The maximum atomic E-state index is 12.9. The molecule has 0 aromatic heterocycles. The van der Waals surface area contributed by atoms with E-state index in [1.165, 1.54) is 17.1 Å². The number of alkyl halides is 3. The predicted octanol–water partition coefficient (Wildman–Crippen LogP) is 5.88. The van der Waals surface area contributed by atoms with Gasteiger partial charge in [0, 0.05) is 35.2 Å². The van der Waals surface area contributed by atoms with Gasteiger partial charge >= 0.3 is 12.4 Å². The van der Waals surface area contributed by atoms with Crippen molar-refractivity contribution in [3.05, 3.63) is 70.9 Å². The molecule has 8 nitrogen and oxygen atoms in total. The highest BCUT2D eigenvalue weighted by Crippen LogP contribution is 2.25. The van der Waals surface area contributed by atoms with E-state index in [4.69, 9.17) is 11.6 Å². The molecule has 0 bridgehead atoms. The van der Waals surface area contributed by atoms with Crippen molar-refractivity contribution < 1.29 is 22.7 Å². The van der Waals surface area contributed by atoms with E-state index >= 15 is 0 Å². The summed E-state index contributed by atoms with van der Waals surface area (Å²) >= 11 is 6.10. The number of hydrazone groups is 2. The lowest BCUT2D eigenvalue weighted by Crippen LogP contribution is -2.46. The molecule has 1 atom stereocenters. The minimum absolute atomic E-state index is 0.220. The molecule has 188 valence electrons. The summed E-state index contributed by atoms with van der Waals surface area (Å²) < 4.78 is 41.0. The molecular formula is C24H22ClF3N6O2. The molecular weight excluding hydrogens is 497 g/mol. The number of anilines is 1. The van der Waals surface area contributed by atoms with Gasteiger partial charge in [0.25, 0.3) is 0 Å². The van der Waals surface area contributed by atoms with Crippen LogP contribution in [0.4, 0.5) is 23.7 Å². The largest absolute Gasteiger partial charge is 0.573 e. The number of benzene rings is 2. The highest BCUT2D eigenvalue weighted by atomic mass is 35.5. The molecule has 1 heterocycles. The Balaban J connectivity index is 1.90. The molecule has 1 aliphatic rings. The lowest BCUT2D eigenvalue weighted by Gasteiger charge is -2.34. The van der Waals surface area contributed by atoms with Crippen LogP contribution in [0.3, 0.4) is 0 Å². The maximum absolute atomic E-state index is 12.9. The van der Waals surface area contributed by atoms with Crippen molar-refractivity contribution in [2.24, 2.45) is 10.2 Å². The van der Waals surface area contributed by atoms with Crippen molar-refractivity contribution >= 4 is 35.2 Å². The molecule has 2 aromatic carbocycles. The zero-order valence-corrected chi connectivity index (χ0v) is 20.1. The highest BCUT2D eigenvalue weighted by Gasteiger charge is 2.32. The van der Waals surface area contributed by atoms with Crippen LogP contribution in [0.1, 0.15) is 31.4 Å². The van der Waals surface area contributed by atoms with Crippen molar-refractivity contribution in [1.29, 1.82) is 5.26 Å². The molecule has 12 heteroatoms. The second-order valence-electron chi connectivity index (χ2n) is 7.58. The van der Waals surface area contributed by atoms with E-state index in [9.17, 15) is 23.2 Å². The Morgan fingerprint density at radius 2 is 2.06 bits per heavy atom. The van der Waals surface area contributed by atoms with Gasteiger partial charge in [0.2, 0.25) is 0 Å². The van der Waals surface area contributed by atoms with Crippen LogP contribution in [0.15, 0.2) is 70.0 Å². The number of rotatable bonds is 6. The normalized spacial score (nSPS) is 16.4. The van der Waals surface area contributed by atoms with E-state index in [2.05, 4.69) is 26.3 Å². The molecule has 1 N–H and O–H groups in total. The third-order valence-electron chi connectivity index (χ3n) is 4.90. The van der Waals surface area contributed by atoms with Crippen molar-refractivity contribution in [1.82, 2.24) is 10.0 Å². The van der Waals surface area contributed by atoms with E-state index in [-0.39, 0.29) is 18.3 Å². The average Bonchev–Trinajstić information content (AvgIpc) is 2.83. The number of halogens is 4. The van der Waals surface area contributed by atoms with Crippen LogP contribution in [0, 0.1) is 11.3 Å². The third-order valence-corrected chi connectivity index (χ3v) is 5.00. The fraction of sp³-hybridized carbons (Fsp3) is 0.250. The summed E-state index contributed by atoms with van der Waals surface area (Å²) in [5, 5.41) is 24.2. The number of hydrogen-bond acceptors (Lipinski definition) is 6. The molecule has 0 aliphatic carbocycles. The van der Waals surface area contributed by atoms with E-state index in [1.807, 2.05) is 0 Å². The summed E-state index contributed by atoms with van der Waals surface area (Å²) in [7, 11) is 0. The standard InChI is InChI=1S/C24H22ClF3N6O2/c1-3-30-34(15-16(2)25)21-11-12-33(32-22(21)18-6-4-5-17(13-18)14-29)23(35)31-19-7-9-20(10-8-19)36-24(26,27)28/h3-10,13,15,21H,11-12H2,1-2H3,(H,31,35)/b16-15+,30-3-. The minimum Gasteiger partial charge on any atom is -0.406 e. The van der Waals surface area contributed by atoms with Crippen LogP contribution in [-0.4, -0.2) is 46.9 Å². The fourth-order valence-corrected chi connectivity index (χ4v) is 3.58. The Morgan fingerprint density at radius 1 is 1.33 bits per heavy atom. The van der Waals surface area contributed by atoms with Crippen LogP contribution in [0.5, 0.6) is 5.75 Å². The van der Waals surface area contributed by atoms with Gasteiger partial charge in [0.15, 0.2) is 0 Å². The molecule has 0 fully saturated rings. The number of urea groups is 1. The first-order valence-electron chi connectivity index (χ1n) is 10.7. The Labute approximate surface area is 210 Å². The minimum atomic E-state index is -4.81. The zero-order chi connectivity index (χ0) is 26.3. The maximum Gasteiger partial charge on any atom is 0.573 e. The first-order valence-corrected chi connectivity index (χ1v) is 11.1. The van der Waals surface area contributed by atoms with Crippen molar-refractivity contribution in [3.8, 4) is 11.8 Å². The molecule has 0 radical (unpaired) electrons. The van der Waals surface area contributed by atoms with Crippen LogP contribution >= 0.6 is 11.6 Å². The lowest BCUT2D eigenvalue weighted by atomic mass is 9.97. The van der Waals surface area contributed by atoms with Gasteiger partial charge in [-0.25, -0.2) is 9.80 Å². The van der Waals surface area contributed by atoms with Crippen LogP contribution in [0.25, 0.3) is 0 Å². The quantitative estimate of drug-likeness (QED) is 0.382. The number of nitriles is 1. The van der Waals surface area contributed by atoms with Crippen molar-refractivity contribution in [3.63, 3.8) is 0 Å². The van der Waals surface area contributed by atoms with Gasteiger partial charge in [-0.05, 0) is 56.7 Å². The van der Waals surface area contributed by atoms with Gasteiger partial charge in [0.05, 0.1) is 23.4 Å². The smallest absolute Gasteiger partial charge is 0.406 e. The molecule has 0 saturated carbocycles. The molecule has 2 aromatic rings. The number of hydrogen-bond donors (Lipinski definition) is 1. The number of carbonyl (C=O) groups excluding carboxylic acids is 1. The number of allylic oxidation sites excluding steroid dienone is 1. The third kappa shape index (κ3) is 7.23. The van der Waals surface area contributed by atoms with Gasteiger partial charge in [-0.3, -0.25) is 5.01 Å². The Bertz CT molecular complexity index is 1220. The van der Waals surface area contributed by atoms with E-state index in [0.29, 0.717) is 28.3 Å². The number of ether oxygens (including phenoxy) is 1. The Kier molecular flexibility index (Phi) is 8.55. The first kappa shape index (κ1) is 26.6. The fourth-order valence-electron chi connectivity index (χ4n) is 3.48. The van der Waals surface area contributed by atoms with E-state index < -0.39 is 18.1 Å². The van der Waals surface area contributed by atoms with Crippen molar-refractivity contribution in [2.75, 3.05) is 11.9 Å². The number of nitrogens with zero attached hydrogens (tertiary/aromatic N) is 5. The van der Waals surface area contributed by atoms with Crippen LogP contribution < -0.4 is 10.1 Å². The van der Waals surface area contributed by atoms with Gasteiger partial charge < -0.3 is 10.1 Å². The van der Waals surface area contributed by atoms with Gasteiger partial charge in [-0.1, -0.05) is 23.7 Å². The summed E-state index contributed by atoms with van der Waals surface area (Å²) in [4.78, 5) is 12.9. The molecule has 3 rings (SSSR count). The number of nitrogens with one attached hydrogen (secondary N) is 1. The summed E-state index contributed by atoms with van der Waals surface area (Å²) in [6.07, 6.45) is -1.13. The molecule has 2 amide bonds. The summed E-state index contributed by atoms with van der Waals surface area (Å²) in [6.45, 7) is 3.68. The molecule has 36 heavy (non-hydrogen) atoms. The summed E-state index contributed by atoms with van der Waals surface area (Å²) in [5.41, 5.74) is 1.80. The van der Waals surface area contributed by atoms with E-state index in [1.54, 1.807) is 55.5 Å². The molecule has 0 spiro atoms. The van der Waals surface area contributed by atoms with Gasteiger partial charge in [-0.15, -0.1) is 13.2 Å². The van der Waals surface area contributed by atoms with Gasteiger partial charge in [-0.2, -0.15) is 15.5 Å². The monoisotopic (exact) mass is 518 g/mol. The molecule has 1 unspecified atom stereocenters. The summed E-state index contributed by atoms with van der Waals surface area (Å²) in [6, 6.07) is 12.7. The number of carbonyl (C=O) groups is 1. The van der Waals surface area contributed by atoms with Crippen LogP contribution in [0.2, 0.25) is 0 Å². The van der Waals surface area contributed by atoms with Gasteiger partial charge in [0.1, 0.15) is 5.75 Å². The first-order chi connectivity index (χ1) is 17.1. The highest BCUT2D eigenvalue weighted by molar-refractivity contribution is 6.29. The van der Waals surface area contributed by atoms with E-state index in [0.717, 1.165) is 12.1 Å². The van der Waals surface area contributed by atoms with Crippen LogP contribution in [-0.2, 0) is 0 Å². The Morgan fingerprint density at radius 3 is 2.67 bits per heavy atom. The summed E-state index contributed by atoms with van der Waals surface area (Å²) in [5.74, 6) is -0.404. The van der Waals surface area contributed by atoms with Crippen molar-refractivity contribution in [2.45, 2.75) is 32.7 Å². The zero-order valence-electron chi connectivity index (χ0n) is 19.3. The second kappa shape index (κ2) is 11.6. The molecule has 0 saturated heterocycles. The number of amides is 2. The lowest BCUT2D eigenvalue weighted by molar-refractivity contribution is -0.274. The second-order valence-corrected chi connectivity index (χ2v) is 8.17. The molecule has 1 aliphatic heterocycles. The SMILES string of the molecule is C/C=N\N(/C=C(\C)Cl)C1CCN(C(=O)Nc2ccc(OC(F)(F)F)cc2)N=C1c1cccc(C#N)c1. The topological polar surface area (TPSA) is 93.3 Å².